The maximum Gasteiger partial charge on any atom is 0.162 e. The molecule has 0 radical (unpaired) electrons. The molecular weight excluding hydrogens is 218 g/mol. The summed E-state index contributed by atoms with van der Waals surface area (Å²) in [7, 11) is 3.28. The molecule has 1 saturated heterocycles. The number of rotatable bonds is 5. The third-order valence-corrected chi connectivity index (χ3v) is 3.00. The second kappa shape index (κ2) is 5.77. The molecule has 4 nitrogen and oxygen atoms in total. The second-order valence-electron chi connectivity index (χ2n) is 4.18. The predicted molar refractivity (Wildman–Crippen MR) is 67.0 cm³/mol. The van der Waals surface area contributed by atoms with Gasteiger partial charge in [-0.05, 0) is 18.6 Å². The Labute approximate surface area is 102 Å². The van der Waals surface area contributed by atoms with Gasteiger partial charge in [0.1, 0.15) is 0 Å². The fourth-order valence-electron chi connectivity index (χ4n) is 1.95. The highest BCUT2D eigenvalue weighted by Gasteiger charge is 2.15. The molecule has 94 valence electrons. The third kappa shape index (κ3) is 3.03. The summed E-state index contributed by atoms with van der Waals surface area (Å²) < 4.78 is 15.8. The van der Waals surface area contributed by atoms with E-state index in [2.05, 4.69) is 5.32 Å². The maximum atomic E-state index is 5.34. The van der Waals surface area contributed by atoms with Gasteiger partial charge in [-0.2, -0.15) is 0 Å². The van der Waals surface area contributed by atoms with E-state index in [0.29, 0.717) is 5.92 Å². The number of hydrogen-bond acceptors (Lipinski definition) is 4. The van der Waals surface area contributed by atoms with E-state index in [4.69, 9.17) is 14.2 Å². The lowest BCUT2D eigenvalue weighted by Gasteiger charge is -2.13. The molecule has 1 aromatic rings. The third-order valence-electron chi connectivity index (χ3n) is 3.00. The Morgan fingerprint density at radius 2 is 2.12 bits per heavy atom. The van der Waals surface area contributed by atoms with Gasteiger partial charge in [0.2, 0.25) is 0 Å². The monoisotopic (exact) mass is 237 g/mol. The number of anilines is 1. The van der Waals surface area contributed by atoms with Gasteiger partial charge < -0.3 is 19.5 Å². The zero-order valence-corrected chi connectivity index (χ0v) is 10.4. The Bertz CT molecular complexity index is 362. The quantitative estimate of drug-likeness (QED) is 0.851. The molecule has 1 N–H and O–H groups in total. The molecule has 1 fully saturated rings. The van der Waals surface area contributed by atoms with Crippen LogP contribution in [0.1, 0.15) is 6.42 Å². The van der Waals surface area contributed by atoms with Crippen LogP contribution in [0.5, 0.6) is 11.5 Å². The van der Waals surface area contributed by atoms with Crippen LogP contribution in [0, 0.1) is 5.92 Å². The standard InChI is InChI=1S/C13H19NO3/c1-15-12-4-3-11(7-13(12)16-2)14-8-10-5-6-17-9-10/h3-4,7,10,14H,5-6,8-9H2,1-2H3. The van der Waals surface area contributed by atoms with Gasteiger partial charge in [0.15, 0.2) is 11.5 Å². The van der Waals surface area contributed by atoms with Crippen LogP contribution in [0.4, 0.5) is 5.69 Å². The van der Waals surface area contributed by atoms with Crippen LogP contribution in [-0.4, -0.2) is 34.0 Å². The minimum absolute atomic E-state index is 0.614. The maximum absolute atomic E-state index is 5.34. The highest BCUT2D eigenvalue weighted by atomic mass is 16.5. The van der Waals surface area contributed by atoms with Crippen molar-refractivity contribution in [3.8, 4) is 11.5 Å². The summed E-state index contributed by atoms with van der Waals surface area (Å²) in [5.74, 6) is 2.12. The van der Waals surface area contributed by atoms with Crippen molar-refractivity contribution < 1.29 is 14.2 Å². The van der Waals surface area contributed by atoms with E-state index in [0.717, 1.165) is 43.4 Å². The Kier molecular flexibility index (Phi) is 4.09. The van der Waals surface area contributed by atoms with Crippen molar-refractivity contribution in [2.75, 3.05) is 39.3 Å². The van der Waals surface area contributed by atoms with Crippen LogP contribution >= 0.6 is 0 Å². The fourth-order valence-corrected chi connectivity index (χ4v) is 1.95. The molecule has 2 rings (SSSR count). The van der Waals surface area contributed by atoms with Gasteiger partial charge in [-0.15, -0.1) is 0 Å². The van der Waals surface area contributed by atoms with Crippen molar-refractivity contribution in [3.63, 3.8) is 0 Å². The molecule has 1 aliphatic heterocycles. The van der Waals surface area contributed by atoms with Crippen molar-refractivity contribution in [3.05, 3.63) is 18.2 Å². The summed E-state index contributed by atoms with van der Waals surface area (Å²) in [6.45, 7) is 2.69. The first kappa shape index (κ1) is 12.0. The highest BCUT2D eigenvalue weighted by Crippen LogP contribution is 2.29. The van der Waals surface area contributed by atoms with E-state index in [1.165, 1.54) is 0 Å². The molecule has 1 aromatic carbocycles. The molecule has 0 amide bonds. The molecule has 0 bridgehead atoms. The largest absolute Gasteiger partial charge is 0.493 e. The summed E-state index contributed by atoms with van der Waals surface area (Å²) in [6, 6.07) is 5.86. The summed E-state index contributed by atoms with van der Waals surface area (Å²) in [6.07, 6.45) is 1.14. The van der Waals surface area contributed by atoms with Crippen LogP contribution in [0.25, 0.3) is 0 Å². The lowest BCUT2D eigenvalue weighted by atomic mass is 10.1. The zero-order valence-electron chi connectivity index (χ0n) is 10.4. The lowest BCUT2D eigenvalue weighted by Crippen LogP contribution is -2.14. The Morgan fingerprint density at radius 1 is 1.29 bits per heavy atom. The van der Waals surface area contributed by atoms with Gasteiger partial charge in [-0.25, -0.2) is 0 Å². The minimum Gasteiger partial charge on any atom is -0.493 e. The van der Waals surface area contributed by atoms with Gasteiger partial charge in [0, 0.05) is 30.8 Å². The van der Waals surface area contributed by atoms with E-state index < -0.39 is 0 Å². The van der Waals surface area contributed by atoms with Crippen molar-refractivity contribution in [2.24, 2.45) is 5.92 Å². The molecule has 0 aromatic heterocycles. The summed E-state index contributed by atoms with van der Waals surface area (Å²) >= 11 is 0. The van der Waals surface area contributed by atoms with Crippen LogP contribution in [0.2, 0.25) is 0 Å². The van der Waals surface area contributed by atoms with Crippen molar-refractivity contribution >= 4 is 5.69 Å². The van der Waals surface area contributed by atoms with E-state index in [1.54, 1.807) is 14.2 Å². The molecule has 0 aliphatic carbocycles. The van der Waals surface area contributed by atoms with Crippen LogP contribution in [0.15, 0.2) is 18.2 Å². The number of ether oxygens (including phenoxy) is 3. The van der Waals surface area contributed by atoms with E-state index >= 15 is 0 Å². The number of methoxy groups -OCH3 is 2. The van der Waals surface area contributed by atoms with Gasteiger partial charge in [-0.1, -0.05) is 0 Å². The smallest absolute Gasteiger partial charge is 0.162 e. The first-order valence-electron chi connectivity index (χ1n) is 5.87. The fraction of sp³-hybridized carbons (Fsp3) is 0.538. The molecule has 1 unspecified atom stereocenters. The van der Waals surface area contributed by atoms with Crippen molar-refractivity contribution in [1.82, 2.24) is 0 Å². The normalized spacial score (nSPS) is 19.1. The first-order chi connectivity index (χ1) is 8.33. The van der Waals surface area contributed by atoms with E-state index in [-0.39, 0.29) is 0 Å². The average Bonchev–Trinajstić information content (AvgIpc) is 2.89. The summed E-state index contributed by atoms with van der Waals surface area (Å²) in [5, 5.41) is 3.40. The van der Waals surface area contributed by atoms with Gasteiger partial charge >= 0.3 is 0 Å². The van der Waals surface area contributed by atoms with Crippen molar-refractivity contribution in [1.29, 1.82) is 0 Å². The Hall–Kier alpha value is -1.42. The molecule has 0 saturated carbocycles. The number of nitrogens with one attached hydrogen (secondary N) is 1. The molecule has 1 aliphatic rings. The predicted octanol–water partition coefficient (Wildman–Crippen LogP) is 2.15. The van der Waals surface area contributed by atoms with Gasteiger partial charge in [0.05, 0.1) is 20.8 Å². The van der Waals surface area contributed by atoms with Crippen LogP contribution < -0.4 is 14.8 Å². The summed E-state index contributed by atoms with van der Waals surface area (Å²) in [4.78, 5) is 0. The number of hydrogen-bond donors (Lipinski definition) is 1. The zero-order chi connectivity index (χ0) is 12.1. The van der Waals surface area contributed by atoms with Crippen molar-refractivity contribution in [2.45, 2.75) is 6.42 Å². The van der Waals surface area contributed by atoms with E-state index in [1.807, 2.05) is 18.2 Å². The molecule has 1 atom stereocenters. The minimum atomic E-state index is 0.614. The number of benzene rings is 1. The molecule has 4 heteroatoms. The van der Waals surface area contributed by atoms with Gasteiger partial charge in [0.25, 0.3) is 0 Å². The Morgan fingerprint density at radius 3 is 2.76 bits per heavy atom. The topological polar surface area (TPSA) is 39.7 Å². The first-order valence-corrected chi connectivity index (χ1v) is 5.87. The van der Waals surface area contributed by atoms with Crippen LogP contribution in [-0.2, 0) is 4.74 Å². The van der Waals surface area contributed by atoms with E-state index in [9.17, 15) is 0 Å². The summed E-state index contributed by atoms with van der Waals surface area (Å²) in [5.41, 5.74) is 1.05. The molecule has 17 heavy (non-hydrogen) atoms. The second-order valence-corrected chi connectivity index (χ2v) is 4.18. The SMILES string of the molecule is COc1ccc(NCC2CCOC2)cc1OC. The lowest BCUT2D eigenvalue weighted by molar-refractivity contribution is 0.187. The molecule has 1 heterocycles. The highest BCUT2D eigenvalue weighted by molar-refractivity contribution is 5.54. The molecular formula is C13H19NO3. The average molecular weight is 237 g/mol. The molecule has 0 spiro atoms. The Balaban J connectivity index is 1.95. The van der Waals surface area contributed by atoms with Crippen LogP contribution in [0.3, 0.4) is 0 Å². The van der Waals surface area contributed by atoms with Gasteiger partial charge in [-0.3, -0.25) is 0 Å².